The highest BCUT2D eigenvalue weighted by Gasteiger charge is 2.22. The first-order valence-electron chi connectivity index (χ1n) is 8.66. The minimum atomic E-state index is -3.57. The van der Waals surface area contributed by atoms with Crippen molar-refractivity contribution in [2.24, 2.45) is 0 Å². The second kappa shape index (κ2) is 6.32. The Kier molecular flexibility index (Phi) is 4.13. The second-order valence-electron chi connectivity index (χ2n) is 6.80. The van der Waals surface area contributed by atoms with Crippen LogP contribution >= 0.6 is 0 Å². The van der Waals surface area contributed by atoms with E-state index in [-0.39, 0.29) is 0 Å². The fourth-order valence-electron chi connectivity index (χ4n) is 3.70. The van der Waals surface area contributed by atoms with Crippen LogP contribution < -0.4 is 0 Å². The van der Waals surface area contributed by atoms with Crippen LogP contribution in [-0.4, -0.2) is 36.9 Å². The quantitative estimate of drug-likeness (QED) is 0.720. The van der Waals surface area contributed by atoms with Crippen LogP contribution in [0.15, 0.2) is 65.7 Å². The number of hydrogen-bond acceptors (Lipinski definition) is 3. The lowest BCUT2D eigenvalue weighted by atomic mass is 10.0. The monoisotopic (exact) mass is 354 g/mol. The zero-order valence-electron chi connectivity index (χ0n) is 14.3. The minimum Gasteiger partial charge on any atom is -0.303 e. The molecule has 2 heterocycles. The molecular formula is C20H22N2O2S. The number of benzene rings is 2. The first kappa shape index (κ1) is 16.4. The van der Waals surface area contributed by atoms with Crippen LogP contribution in [0.5, 0.6) is 0 Å². The Morgan fingerprint density at radius 3 is 2.60 bits per heavy atom. The lowest BCUT2D eigenvalue weighted by Crippen LogP contribution is -2.26. The van der Waals surface area contributed by atoms with Crippen LogP contribution in [0.4, 0.5) is 0 Å². The topological polar surface area (TPSA) is 42.3 Å². The Labute approximate surface area is 148 Å². The van der Waals surface area contributed by atoms with E-state index in [4.69, 9.17) is 0 Å². The molecule has 1 saturated heterocycles. The van der Waals surface area contributed by atoms with E-state index < -0.39 is 10.0 Å². The van der Waals surface area contributed by atoms with Crippen molar-refractivity contribution >= 4 is 20.9 Å². The zero-order chi connectivity index (χ0) is 17.4. The lowest BCUT2D eigenvalue weighted by Gasteiger charge is -2.19. The summed E-state index contributed by atoms with van der Waals surface area (Å²) < 4.78 is 27.3. The van der Waals surface area contributed by atoms with E-state index in [1.54, 1.807) is 30.5 Å². The summed E-state index contributed by atoms with van der Waals surface area (Å²) in [5.74, 6) is 0. The maximum absolute atomic E-state index is 13.0. The van der Waals surface area contributed by atoms with Gasteiger partial charge in [0.05, 0.1) is 10.4 Å². The summed E-state index contributed by atoms with van der Waals surface area (Å²) in [4.78, 5) is 2.71. The third-order valence-electron chi connectivity index (χ3n) is 5.16. The summed E-state index contributed by atoms with van der Waals surface area (Å²) in [6.45, 7) is 1.14. The number of fused-ring (bicyclic) bond motifs is 1. The Morgan fingerprint density at radius 1 is 1.08 bits per heavy atom. The first-order chi connectivity index (χ1) is 12.1. The average molecular weight is 354 g/mol. The van der Waals surface area contributed by atoms with E-state index in [0.717, 1.165) is 23.9 Å². The van der Waals surface area contributed by atoms with Gasteiger partial charge >= 0.3 is 0 Å². The molecule has 0 bridgehead atoms. The number of aromatic nitrogens is 1. The van der Waals surface area contributed by atoms with Crippen LogP contribution in [0.25, 0.3) is 10.9 Å². The molecule has 1 aliphatic rings. The fourth-order valence-corrected chi connectivity index (χ4v) is 5.07. The van der Waals surface area contributed by atoms with Gasteiger partial charge in [0.2, 0.25) is 0 Å². The normalized spacial score (nSPS) is 18.8. The van der Waals surface area contributed by atoms with Crippen LogP contribution in [0.2, 0.25) is 0 Å². The number of likely N-dealkylation sites (tertiary alicyclic amines) is 1. The molecule has 1 atom stereocenters. The van der Waals surface area contributed by atoms with Crippen LogP contribution in [0.3, 0.4) is 0 Å². The number of likely N-dealkylation sites (N-methyl/N-ethyl adjacent to an activating group) is 1. The standard InChI is InChI=1S/C20H22N2O2S/c1-21-12-5-6-18(21)14-16-9-10-17-11-13-22(20(17)15-16)25(23,24)19-7-3-2-4-8-19/h2-4,7-11,13,15,18H,5-6,12,14H2,1H3/t18-/m0/s1. The molecule has 0 amide bonds. The second-order valence-corrected chi connectivity index (χ2v) is 8.62. The van der Waals surface area contributed by atoms with Gasteiger partial charge in [-0.1, -0.05) is 30.3 Å². The van der Waals surface area contributed by atoms with E-state index in [1.165, 1.54) is 22.4 Å². The van der Waals surface area contributed by atoms with E-state index in [0.29, 0.717) is 10.9 Å². The maximum Gasteiger partial charge on any atom is 0.268 e. The summed E-state index contributed by atoms with van der Waals surface area (Å²) >= 11 is 0. The van der Waals surface area contributed by atoms with Crippen molar-refractivity contribution < 1.29 is 8.42 Å². The van der Waals surface area contributed by atoms with Gasteiger partial charge in [-0.3, -0.25) is 0 Å². The fraction of sp³-hybridized carbons (Fsp3) is 0.300. The van der Waals surface area contributed by atoms with E-state index in [2.05, 4.69) is 18.0 Å². The van der Waals surface area contributed by atoms with Crippen molar-refractivity contribution in [2.45, 2.75) is 30.2 Å². The Bertz CT molecular complexity index is 993. The summed E-state index contributed by atoms with van der Waals surface area (Å²) in [5.41, 5.74) is 1.94. The van der Waals surface area contributed by atoms with E-state index >= 15 is 0 Å². The molecule has 1 fully saturated rings. The molecule has 130 valence electrons. The van der Waals surface area contributed by atoms with Crippen LogP contribution in [-0.2, 0) is 16.4 Å². The van der Waals surface area contributed by atoms with Crippen molar-refractivity contribution in [3.8, 4) is 0 Å². The molecule has 0 saturated carbocycles. The van der Waals surface area contributed by atoms with Crippen molar-refractivity contribution in [2.75, 3.05) is 13.6 Å². The highest BCUT2D eigenvalue weighted by atomic mass is 32.2. The molecule has 0 spiro atoms. The molecule has 5 heteroatoms. The molecule has 4 rings (SSSR count). The lowest BCUT2D eigenvalue weighted by molar-refractivity contribution is 0.309. The number of nitrogens with zero attached hydrogens (tertiary/aromatic N) is 2. The zero-order valence-corrected chi connectivity index (χ0v) is 15.1. The third-order valence-corrected chi connectivity index (χ3v) is 6.87. The van der Waals surface area contributed by atoms with Gasteiger partial charge in [-0.15, -0.1) is 0 Å². The van der Waals surface area contributed by atoms with Gasteiger partial charge in [0.1, 0.15) is 0 Å². The molecule has 0 aliphatic carbocycles. The largest absolute Gasteiger partial charge is 0.303 e. The average Bonchev–Trinajstić information content (AvgIpc) is 3.22. The van der Waals surface area contributed by atoms with E-state index in [1.807, 2.05) is 24.3 Å². The van der Waals surface area contributed by atoms with Gasteiger partial charge in [-0.05, 0) is 62.7 Å². The molecule has 2 aromatic carbocycles. The van der Waals surface area contributed by atoms with Gasteiger partial charge in [0.15, 0.2) is 0 Å². The van der Waals surface area contributed by atoms with Crippen molar-refractivity contribution in [1.82, 2.24) is 8.87 Å². The molecule has 25 heavy (non-hydrogen) atoms. The van der Waals surface area contributed by atoms with Crippen molar-refractivity contribution in [3.05, 3.63) is 66.4 Å². The number of hydrogen-bond donors (Lipinski definition) is 0. The summed E-state index contributed by atoms with van der Waals surface area (Å²) in [5, 5.41) is 0.947. The van der Waals surface area contributed by atoms with Crippen LogP contribution in [0.1, 0.15) is 18.4 Å². The van der Waals surface area contributed by atoms with Gasteiger partial charge in [0.25, 0.3) is 10.0 Å². The van der Waals surface area contributed by atoms with Gasteiger partial charge < -0.3 is 4.90 Å². The maximum atomic E-state index is 13.0. The SMILES string of the molecule is CN1CCC[C@H]1Cc1ccc2ccn(S(=O)(=O)c3ccccc3)c2c1. The molecule has 1 aromatic heterocycles. The van der Waals surface area contributed by atoms with Crippen LogP contribution in [0, 0.1) is 0 Å². The molecular weight excluding hydrogens is 332 g/mol. The van der Waals surface area contributed by atoms with Crippen molar-refractivity contribution in [3.63, 3.8) is 0 Å². The van der Waals surface area contributed by atoms with E-state index in [9.17, 15) is 8.42 Å². The smallest absolute Gasteiger partial charge is 0.268 e. The van der Waals surface area contributed by atoms with Crippen molar-refractivity contribution in [1.29, 1.82) is 0 Å². The highest BCUT2D eigenvalue weighted by Crippen LogP contribution is 2.25. The molecule has 0 N–H and O–H groups in total. The Hall–Kier alpha value is -2.11. The predicted octanol–water partition coefficient (Wildman–Crippen LogP) is 3.52. The first-order valence-corrected chi connectivity index (χ1v) is 10.1. The molecule has 0 unspecified atom stereocenters. The number of rotatable bonds is 4. The summed E-state index contributed by atoms with van der Waals surface area (Å²) in [7, 11) is -1.41. The molecule has 3 aromatic rings. The highest BCUT2D eigenvalue weighted by molar-refractivity contribution is 7.90. The molecule has 4 nitrogen and oxygen atoms in total. The minimum absolute atomic E-state index is 0.313. The predicted molar refractivity (Wildman–Crippen MR) is 100 cm³/mol. The Morgan fingerprint density at radius 2 is 1.88 bits per heavy atom. The summed E-state index contributed by atoms with van der Waals surface area (Å²) in [6, 6.07) is 17.2. The van der Waals surface area contributed by atoms with Gasteiger partial charge in [-0.25, -0.2) is 12.4 Å². The Balaban J connectivity index is 1.74. The summed E-state index contributed by atoms with van der Waals surface area (Å²) in [6.07, 6.45) is 5.06. The van der Waals surface area contributed by atoms with Gasteiger partial charge in [-0.2, -0.15) is 0 Å². The molecule has 0 radical (unpaired) electrons. The van der Waals surface area contributed by atoms with Gasteiger partial charge in [0, 0.05) is 17.6 Å². The molecule has 1 aliphatic heterocycles. The third kappa shape index (κ3) is 2.98.